The van der Waals surface area contributed by atoms with Crippen LogP contribution in [0.25, 0.3) is 33.3 Å². The van der Waals surface area contributed by atoms with Crippen LogP contribution in [0.1, 0.15) is 0 Å². The summed E-state index contributed by atoms with van der Waals surface area (Å²) in [7, 11) is 3.67. The molecular formula is C29H28ClFN6O2. The molecule has 2 N–H and O–H groups in total. The number of aromatic nitrogens is 2. The predicted octanol–water partition coefficient (Wildman–Crippen LogP) is 4.87. The lowest BCUT2D eigenvalue weighted by Crippen LogP contribution is -2.43. The second-order valence-electron chi connectivity index (χ2n) is 9.45. The van der Waals surface area contributed by atoms with E-state index in [2.05, 4.69) is 20.2 Å². The second-order valence-corrected chi connectivity index (χ2v) is 9.85. The molecular weight excluding hydrogens is 519 g/mol. The SMILES string of the molecule is CN(C)/C=C\N(C=O)c1ccc(-c2cc(F)cc(-c3cc(N4CCNCC4)c4nccnc4c3)c2O)cc1Cl. The normalized spacial score (nSPS) is 13.7. The summed E-state index contributed by atoms with van der Waals surface area (Å²) < 4.78 is 15.0. The third-order valence-corrected chi connectivity index (χ3v) is 6.88. The maximum atomic E-state index is 15.0. The van der Waals surface area contributed by atoms with Crippen LogP contribution in [0.2, 0.25) is 5.02 Å². The molecule has 4 aromatic rings. The number of phenols is 1. The highest BCUT2D eigenvalue weighted by molar-refractivity contribution is 6.34. The molecule has 3 aromatic carbocycles. The number of halogens is 2. The summed E-state index contributed by atoms with van der Waals surface area (Å²) in [5.74, 6) is -0.598. The van der Waals surface area contributed by atoms with Gasteiger partial charge < -0.3 is 20.2 Å². The summed E-state index contributed by atoms with van der Waals surface area (Å²) >= 11 is 6.54. The number of phenolic OH excluding ortho intramolecular Hbond substituents is 1. The molecule has 0 aliphatic carbocycles. The second kappa shape index (κ2) is 11.3. The molecule has 0 saturated carbocycles. The van der Waals surface area contributed by atoms with Gasteiger partial charge >= 0.3 is 0 Å². The third kappa shape index (κ3) is 5.50. The zero-order valence-electron chi connectivity index (χ0n) is 21.6. The van der Waals surface area contributed by atoms with Gasteiger partial charge in [-0.05, 0) is 47.5 Å². The molecule has 5 rings (SSSR count). The molecule has 0 spiro atoms. The van der Waals surface area contributed by atoms with Gasteiger partial charge in [0, 0.05) is 76.2 Å². The van der Waals surface area contributed by atoms with Gasteiger partial charge in [0.2, 0.25) is 6.41 Å². The smallest absolute Gasteiger partial charge is 0.218 e. The highest BCUT2D eigenvalue weighted by Crippen LogP contribution is 2.42. The van der Waals surface area contributed by atoms with Gasteiger partial charge in [-0.3, -0.25) is 19.7 Å². The van der Waals surface area contributed by atoms with Crippen LogP contribution in [0.4, 0.5) is 15.8 Å². The molecule has 39 heavy (non-hydrogen) atoms. The maximum absolute atomic E-state index is 15.0. The standard InChI is InChI=1S/C29H28ClFN6O2/c1-35(2)11-12-37(18-38)26-4-3-19(13-24(26)30)22-16-21(31)17-23(29(22)39)20-14-25-28(34-6-5-33-25)27(15-20)36-9-7-32-8-10-36/h3-6,11-18,32,39H,7-10H2,1-2H3/b12-11-. The fourth-order valence-corrected chi connectivity index (χ4v) is 4.94. The van der Waals surface area contributed by atoms with Crippen molar-refractivity contribution in [2.75, 3.05) is 50.1 Å². The summed E-state index contributed by atoms with van der Waals surface area (Å²) in [5.41, 5.74) is 4.49. The van der Waals surface area contributed by atoms with Crippen LogP contribution < -0.4 is 15.1 Å². The molecule has 0 unspecified atom stereocenters. The minimum absolute atomic E-state index is 0.0885. The van der Waals surface area contributed by atoms with Crippen molar-refractivity contribution in [1.29, 1.82) is 0 Å². The quantitative estimate of drug-likeness (QED) is 0.320. The molecule has 10 heteroatoms. The summed E-state index contributed by atoms with van der Waals surface area (Å²) in [5, 5.41) is 15.0. The number of hydrogen-bond donors (Lipinski definition) is 2. The van der Waals surface area contributed by atoms with Crippen molar-refractivity contribution < 1.29 is 14.3 Å². The molecule has 1 aliphatic heterocycles. The first-order valence-corrected chi connectivity index (χ1v) is 12.8. The zero-order valence-corrected chi connectivity index (χ0v) is 22.4. The van der Waals surface area contributed by atoms with Crippen molar-refractivity contribution in [3.63, 3.8) is 0 Å². The molecule has 200 valence electrons. The van der Waals surface area contributed by atoms with Crippen LogP contribution in [0, 0.1) is 5.82 Å². The molecule has 1 amide bonds. The number of piperazine rings is 1. The summed E-state index contributed by atoms with van der Waals surface area (Å²) in [4.78, 5) is 26.0. The van der Waals surface area contributed by atoms with E-state index >= 15 is 4.39 Å². The number of aromatic hydroxyl groups is 1. The van der Waals surface area contributed by atoms with Crippen molar-refractivity contribution in [2.24, 2.45) is 0 Å². The van der Waals surface area contributed by atoms with Gasteiger partial charge in [0.05, 0.1) is 21.9 Å². The Morgan fingerprint density at radius 1 is 1.00 bits per heavy atom. The Kier molecular flexibility index (Phi) is 7.63. The number of anilines is 2. The fourth-order valence-electron chi connectivity index (χ4n) is 4.66. The molecule has 1 saturated heterocycles. The largest absolute Gasteiger partial charge is 0.507 e. The molecule has 0 atom stereocenters. The van der Waals surface area contributed by atoms with E-state index in [4.69, 9.17) is 11.6 Å². The third-order valence-electron chi connectivity index (χ3n) is 6.57. The zero-order chi connectivity index (χ0) is 27.5. The number of nitrogens with zero attached hydrogens (tertiary/aromatic N) is 5. The molecule has 1 fully saturated rings. The van der Waals surface area contributed by atoms with Gasteiger partial charge in [0.15, 0.2) is 0 Å². The molecule has 0 radical (unpaired) electrons. The predicted molar refractivity (Wildman–Crippen MR) is 153 cm³/mol. The van der Waals surface area contributed by atoms with Crippen molar-refractivity contribution in [3.8, 4) is 28.0 Å². The topological polar surface area (TPSA) is 84.8 Å². The number of nitrogens with one attached hydrogen (secondary N) is 1. The Hall–Kier alpha value is -4.21. The van der Waals surface area contributed by atoms with Gasteiger partial charge in [-0.2, -0.15) is 0 Å². The first kappa shape index (κ1) is 26.4. The van der Waals surface area contributed by atoms with E-state index in [9.17, 15) is 9.90 Å². The molecule has 2 heterocycles. The first-order chi connectivity index (χ1) is 18.9. The molecule has 0 bridgehead atoms. The first-order valence-electron chi connectivity index (χ1n) is 12.5. The van der Waals surface area contributed by atoms with Crippen molar-refractivity contribution in [3.05, 3.63) is 78.1 Å². The minimum atomic E-state index is -0.510. The van der Waals surface area contributed by atoms with E-state index in [0.29, 0.717) is 34.3 Å². The highest BCUT2D eigenvalue weighted by atomic mass is 35.5. The number of carbonyl (C=O) groups is 1. The Morgan fingerprint density at radius 3 is 2.41 bits per heavy atom. The number of carbonyl (C=O) groups excluding carboxylic acids is 1. The number of amides is 1. The van der Waals surface area contributed by atoms with Crippen LogP contribution in [0.3, 0.4) is 0 Å². The average Bonchev–Trinajstić information content (AvgIpc) is 2.94. The summed E-state index contributed by atoms with van der Waals surface area (Å²) in [6.45, 7) is 3.26. The highest BCUT2D eigenvalue weighted by Gasteiger charge is 2.20. The van der Waals surface area contributed by atoms with E-state index < -0.39 is 5.82 Å². The number of rotatable bonds is 7. The van der Waals surface area contributed by atoms with E-state index in [0.717, 1.165) is 37.4 Å². The maximum Gasteiger partial charge on any atom is 0.218 e. The minimum Gasteiger partial charge on any atom is -0.507 e. The van der Waals surface area contributed by atoms with Crippen LogP contribution >= 0.6 is 11.6 Å². The molecule has 1 aromatic heterocycles. The van der Waals surface area contributed by atoms with Crippen molar-refractivity contribution in [1.82, 2.24) is 20.2 Å². The van der Waals surface area contributed by atoms with Crippen molar-refractivity contribution in [2.45, 2.75) is 0 Å². The van der Waals surface area contributed by atoms with Gasteiger partial charge in [0.25, 0.3) is 0 Å². The molecule has 8 nitrogen and oxygen atoms in total. The average molecular weight is 547 g/mol. The number of benzene rings is 3. The Bertz CT molecular complexity index is 1550. The van der Waals surface area contributed by atoms with Crippen LogP contribution in [0.15, 0.2) is 67.3 Å². The van der Waals surface area contributed by atoms with Crippen molar-refractivity contribution >= 4 is 40.4 Å². The lowest BCUT2D eigenvalue weighted by molar-refractivity contribution is -0.106. The lowest BCUT2D eigenvalue weighted by atomic mass is 9.95. The fraction of sp³-hybridized carbons (Fsp3) is 0.207. The summed E-state index contributed by atoms with van der Waals surface area (Å²) in [6.07, 6.45) is 7.22. The van der Waals surface area contributed by atoms with Gasteiger partial charge in [-0.15, -0.1) is 0 Å². The van der Waals surface area contributed by atoms with Crippen LogP contribution in [0.5, 0.6) is 5.75 Å². The Labute approximate surface area is 231 Å². The summed E-state index contributed by atoms with van der Waals surface area (Å²) in [6, 6.07) is 11.3. The Morgan fingerprint density at radius 2 is 1.72 bits per heavy atom. The van der Waals surface area contributed by atoms with E-state index in [-0.39, 0.29) is 16.3 Å². The van der Waals surface area contributed by atoms with E-state index in [1.165, 1.54) is 17.0 Å². The van der Waals surface area contributed by atoms with E-state index in [1.54, 1.807) is 54.0 Å². The van der Waals surface area contributed by atoms with Gasteiger partial charge in [-0.25, -0.2) is 4.39 Å². The lowest BCUT2D eigenvalue weighted by Gasteiger charge is -2.30. The molecule has 1 aliphatic rings. The van der Waals surface area contributed by atoms with Gasteiger partial charge in [-0.1, -0.05) is 17.7 Å². The van der Waals surface area contributed by atoms with E-state index in [1.807, 2.05) is 20.2 Å². The number of hydrogen-bond acceptors (Lipinski definition) is 7. The number of fused-ring (bicyclic) bond motifs is 1. The Balaban J connectivity index is 1.59. The van der Waals surface area contributed by atoms with Gasteiger partial charge in [0.1, 0.15) is 17.1 Å². The monoisotopic (exact) mass is 546 g/mol. The van der Waals surface area contributed by atoms with Crippen LogP contribution in [-0.4, -0.2) is 66.7 Å². The van der Waals surface area contributed by atoms with Crippen LogP contribution in [-0.2, 0) is 4.79 Å².